The van der Waals surface area contributed by atoms with Gasteiger partial charge in [-0.3, -0.25) is 4.79 Å². The van der Waals surface area contributed by atoms with Gasteiger partial charge >= 0.3 is 0 Å². The fourth-order valence-electron chi connectivity index (χ4n) is 0.710. The maximum Gasteiger partial charge on any atom is 0.256 e. The van der Waals surface area contributed by atoms with Gasteiger partial charge in [-0.05, 0) is 33.6 Å². The highest BCUT2D eigenvalue weighted by atomic mass is 79.9. The Morgan fingerprint density at radius 1 is 1.75 bits per heavy atom. The van der Waals surface area contributed by atoms with E-state index in [0.29, 0.717) is 4.47 Å². The van der Waals surface area contributed by atoms with Crippen LogP contribution in [0.5, 0.6) is 0 Å². The highest BCUT2D eigenvalue weighted by Crippen LogP contribution is 2.19. The fraction of sp³-hybridized carbons (Fsp3) is 0. The number of nitrogens with zero attached hydrogens (tertiary/aromatic N) is 2. The number of rotatable bonds is 1. The maximum absolute atomic E-state index is 10.8. The van der Waals surface area contributed by atoms with Crippen molar-refractivity contribution in [3.05, 3.63) is 28.0 Å². The van der Waals surface area contributed by atoms with Gasteiger partial charge in [-0.1, -0.05) is 0 Å². The van der Waals surface area contributed by atoms with E-state index in [2.05, 4.69) is 20.9 Å². The van der Waals surface area contributed by atoms with Crippen LogP contribution < -0.4 is 0 Å². The minimum atomic E-state index is -0.688. The molecule has 0 aliphatic carbocycles. The van der Waals surface area contributed by atoms with Crippen LogP contribution in [-0.2, 0) is 0 Å². The van der Waals surface area contributed by atoms with E-state index in [-0.39, 0.29) is 11.3 Å². The quantitative estimate of drug-likeness (QED) is 0.712. The van der Waals surface area contributed by atoms with E-state index in [4.69, 9.17) is 16.9 Å². The van der Waals surface area contributed by atoms with E-state index in [9.17, 15) is 4.79 Å². The number of nitriles is 1. The summed E-state index contributed by atoms with van der Waals surface area (Å²) in [7, 11) is 0. The molecule has 1 aromatic heterocycles. The molecule has 0 N–H and O–H groups in total. The Morgan fingerprint density at radius 2 is 2.42 bits per heavy atom. The highest BCUT2D eigenvalue weighted by Gasteiger charge is 2.13. The van der Waals surface area contributed by atoms with E-state index in [1.165, 1.54) is 6.20 Å². The molecule has 1 aromatic rings. The molecule has 60 valence electrons. The molecular weight excluding hydrogens is 243 g/mol. The predicted molar refractivity (Wildman–Crippen MR) is 46.8 cm³/mol. The Bertz CT molecular complexity index is 372. The van der Waals surface area contributed by atoms with E-state index >= 15 is 0 Å². The molecule has 0 saturated carbocycles. The van der Waals surface area contributed by atoms with Gasteiger partial charge in [0.25, 0.3) is 5.24 Å². The molecule has 1 heterocycles. The van der Waals surface area contributed by atoms with Gasteiger partial charge < -0.3 is 0 Å². The van der Waals surface area contributed by atoms with E-state index < -0.39 is 5.24 Å². The number of pyridine rings is 1. The molecule has 5 heteroatoms. The van der Waals surface area contributed by atoms with E-state index in [1.807, 2.05) is 0 Å². The molecule has 0 aromatic carbocycles. The second kappa shape index (κ2) is 3.65. The van der Waals surface area contributed by atoms with Crippen LogP contribution in [0.4, 0.5) is 0 Å². The Morgan fingerprint density at radius 3 is 2.83 bits per heavy atom. The van der Waals surface area contributed by atoms with E-state index in [0.717, 1.165) is 0 Å². The van der Waals surface area contributed by atoms with Crippen LogP contribution in [0, 0.1) is 11.3 Å². The second-order valence-electron chi connectivity index (χ2n) is 1.90. The molecule has 0 bridgehead atoms. The van der Waals surface area contributed by atoms with Gasteiger partial charge in [0.15, 0.2) is 5.69 Å². The lowest BCUT2D eigenvalue weighted by Gasteiger charge is -1.98. The van der Waals surface area contributed by atoms with Crippen molar-refractivity contribution in [3.8, 4) is 6.07 Å². The second-order valence-corrected chi connectivity index (χ2v) is 3.10. The summed E-state index contributed by atoms with van der Waals surface area (Å²) >= 11 is 8.32. The first-order valence-corrected chi connectivity index (χ1v) is 4.08. The van der Waals surface area contributed by atoms with Crippen molar-refractivity contribution in [1.82, 2.24) is 4.98 Å². The Kier molecular flexibility index (Phi) is 2.79. The van der Waals surface area contributed by atoms with Crippen LogP contribution in [0.15, 0.2) is 16.7 Å². The van der Waals surface area contributed by atoms with Crippen LogP contribution in [0.25, 0.3) is 0 Å². The molecular formula is C7H2BrClN2O. The summed E-state index contributed by atoms with van der Waals surface area (Å²) < 4.78 is 0.481. The van der Waals surface area contributed by atoms with Crippen LogP contribution in [0.2, 0.25) is 0 Å². The lowest BCUT2D eigenvalue weighted by atomic mass is 10.2. The van der Waals surface area contributed by atoms with Crippen molar-refractivity contribution in [2.75, 3.05) is 0 Å². The molecule has 12 heavy (non-hydrogen) atoms. The Balaban J connectivity index is 3.42. The van der Waals surface area contributed by atoms with Gasteiger partial charge in [0.05, 0.1) is 5.56 Å². The topological polar surface area (TPSA) is 53.8 Å². The lowest BCUT2D eigenvalue weighted by Crippen LogP contribution is -1.97. The van der Waals surface area contributed by atoms with Gasteiger partial charge in [-0.2, -0.15) is 5.26 Å². The molecule has 0 spiro atoms. The average molecular weight is 245 g/mol. The highest BCUT2D eigenvalue weighted by molar-refractivity contribution is 9.10. The molecule has 0 unspecified atom stereocenters. The number of carbonyl (C=O) groups excluding carboxylic acids is 1. The number of aromatic nitrogens is 1. The summed E-state index contributed by atoms with van der Waals surface area (Å²) in [5.74, 6) is 0. The third-order valence-electron chi connectivity index (χ3n) is 1.20. The molecule has 0 atom stereocenters. The first kappa shape index (κ1) is 9.17. The molecule has 0 amide bonds. The molecule has 0 radical (unpaired) electrons. The zero-order valence-corrected chi connectivity index (χ0v) is 8.06. The normalized spacial score (nSPS) is 9.08. The van der Waals surface area contributed by atoms with Crippen molar-refractivity contribution in [1.29, 1.82) is 5.26 Å². The summed E-state index contributed by atoms with van der Waals surface area (Å²) in [5, 5.41) is 7.86. The molecule has 0 aliphatic heterocycles. The van der Waals surface area contributed by atoms with Crippen LogP contribution in [0.1, 0.15) is 16.1 Å². The monoisotopic (exact) mass is 244 g/mol. The van der Waals surface area contributed by atoms with Gasteiger partial charge in [0.1, 0.15) is 6.07 Å². The molecule has 0 fully saturated rings. The standard InChI is InChI=1S/C7H2BrClN2O/c8-4-1-2-11-5(3-10)6(4)7(9)12/h1-2H. The van der Waals surface area contributed by atoms with Crippen molar-refractivity contribution >= 4 is 32.8 Å². The number of hydrogen-bond acceptors (Lipinski definition) is 3. The number of hydrogen-bond donors (Lipinski definition) is 0. The number of carbonyl (C=O) groups is 1. The van der Waals surface area contributed by atoms with Gasteiger partial charge in [0.2, 0.25) is 0 Å². The predicted octanol–water partition coefficient (Wildman–Crippen LogP) is 2.09. The van der Waals surface area contributed by atoms with Crippen molar-refractivity contribution < 1.29 is 4.79 Å². The minimum absolute atomic E-state index is 0.0318. The number of halogens is 2. The molecule has 0 aliphatic rings. The maximum atomic E-state index is 10.8. The summed E-state index contributed by atoms with van der Waals surface area (Å²) in [6, 6.07) is 3.32. The molecule has 1 rings (SSSR count). The smallest absolute Gasteiger partial charge is 0.256 e. The lowest BCUT2D eigenvalue weighted by molar-refractivity contribution is 0.108. The third kappa shape index (κ3) is 1.63. The van der Waals surface area contributed by atoms with Crippen LogP contribution in [-0.4, -0.2) is 10.2 Å². The summed E-state index contributed by atoms with van der Waals surface area (Å²) in [6.07, 6.45) is 1.42. The summed E-state index contributed by atoms with van der Waals surface area (Å²) in [5.41, 5.74) is 0.144. The van der Waals surface area contributed by atoms with Crippen molar-refractivity contribution in [3.63, 3.8) is 0 Å². The van der Waals surface area contributed by atoms with Gasteiger partial charge in [-0.25, -0.2) is 4.98 Å². The minimum Gasteiger partial charge on any atom is -0.275 e. The zero-order chi connectivity index (χ0) is 9.14. The fourth-order valence-corrected chi connectivity index (χ4v) is 1.50. The van der Waals surface area contributed by atoms with Gasteiger partial charge in [-0.15, -0.1) is 0 Å². The largest absolute Gasteiger partial charge is 0.275 e. The van der Waals surface area contributed by atoms with E-state index in [1.54, 1.807) is 12.1 Å². The van der Waals surface area contributed by atoms with Crippen LogP contribution in [0.3, 0.4) is 0 Å². The first-order chi connectivity index (χ1) is 5.66. The SMILES string of the molecule is N#Cc1nccc(Br)c1C(=O)Cl. The summed E-state index contributed by atoms with van der Waals surface area (Å²) in [4.78, 5) is 14.5. The summed E-state index contributed by atoms with van der Waals surface area (Å²) in [6.45, 7) is 0. The molecule has 0 saturated heterocycles. The first-order valence-electron chi connectivity index (χ1n) is 2.91. The third-order valence-corrected chi connectivity index (χ3v) is 2.05. The average Bonchev–Trinajstić information content (AvgIpc) is 2.03. The van der Waals surface area contributed by atoms with Crippen molar-refractivity contribution in [2.45, 2.75) is 0 Å². The molecule has 3 nitrogen and oxygen atoms in total. The zero-order valence-electron chi connectivity index (χ0n) is 5.71. The van der Waals surface area contributed by atoms with Crippen LogP contribution >= 0.6 is 27.5 Å². The van der Waals surface area contributed by atoms with Gasteiger partial charge in [0, 0.05) is 10.7 Å². The Labute approximate surface area is 82.1 Å². The Hall–Kier alpha value is -0.920. The van der Waals surface area contributed by atoms with Crippen molar-refractivity contribution in [2.24, 2.45) is 0 Å².